The van der Waals surface area contributed by atoms with E-state index in [-0.39, 0.29) is 6.04 Å². The molecule has 0 aromatic carbocycles. The van der Waals surface area contributed by atoms with Crippen molar-refractivity contribution in [2.75, 3.05) is 0 Å². The van der Waals surface area contributed by atoms with E-state index in [9.17, 15) is 0 Å². The molecule has 0 aliphatic heterocycles. The maximum absolute atomic E-state index is 6.33. The zero-order valence-corrected chi connectivity index (χ0v) is 13.1. The van der Waals surface area contributed by atoms with Crippen LogP contribution in [0.3, 0.4) is 0 Å². The van der Waals surface area contributed by atoms with Crippen LogP contribution < -0.4 is 5.73 Å². The van der Waals surface area contributed by atoms with Crippen molar-refractivity contribution in [2.45, 2.75) is 13.0 Å². The van der Waals surface area contributed by atoms with Crippen LogP contribution in [0.1, 0.15) is 21.4 Å². The van der Waals surface area contributed by atoms with Gasteiger partial charge in [-0.3, -0.25) is 0 Å². The van der Waals surface area contributed by atoms with Crippen molar-refractivity contribution >= 4 is 59.3 Å². The van der Waals surface area contributed by atoms with E-state index in [1.807, 2.05) is 0 Å². The minimum Gasteiger partial charge on any atom is -0.319 e. The molecule has 3 rings (SSSR count). The van der Waals surface area contributed by atoms with Crippen LogP contribution in [-0.4, -0.2) is 0 Å². The molecule has 3 aromatic heterocycles. The second-order valence-electron chi connectivity index (χ2n) is 3.88. The number of hydrogen-bond acceptors (Lipinski definition) is 4. The van der Waals surface area contributed by atoms with E-state index in [4.69, 9.17) is 5.73 Å². The lowest BCUT2D eigenvalue weighted by Gasteiger charge is -2.05. The molecule has 0 saturated heterocycles. The molecule has 1 nitrogen and oxygen atoms in total. The summed E-state index contributed by atoms with van der Waals surface area (Å²) in [5, 5.41) is 2.13. The average molecular weight is 344 g/mol. The average Bonchev–Trinajstić information content (AvgIpc) is 2.92. The second kappa shape index (κ2) is 4.48. The first-order valence-electron chi connectivity index (χ1n) is 5.13. The molecule has 17 heavy (non-hydrogen) atoms. The molecular weight excluding hydrogens is 334 g/mol. The van der Waals surface area contributed by atoms with Gasteiger partial charge in [0.25, 0.3) is 0 Å². The number of rotatable bonds is 2. The molecule has 5 heteroatoms. The predicted octanol–water partition coefficient (Wildman–Crippen LogP) is 5.14. The Balaban J connectivity index is 2.01. The SMILES string of the molecule is Cc1cc(C(N)c2cc3sccc3s2)sc1Br. The van der Waals surface area contributed by atoms with Crippen LogP contribution >= 0.6 is 49.9 Å². The van der Waals surface area contributed by atoms with E-state index in [0.29, 0.717) is 0 Å². The lowest BCUT2D eigenvalue weighted by Crippen LogP contribution is -2.07. The molecular formula is C12H10BrNS3. The highest BCUT2D eigenvalue weighted by Gasteiger charge is 2.16. The molecule has 0 aliphatic carbocycles. The number of hydrogen-bond donors (Lipinski definition) is 1. The fraction of sp³-hybridized carbons (Fsp3) is 0.167. The molecule has 2 N–H and O–H groups in total. The molecule has 0 fully saturated rings. The first-order valence-corrected chi connectivity index (χ1v) is 8.44. The minimum absolute atomic E-state index is 0.00889. The summed E-state index contributed by atoms with van der Waals surface area (Å²) in [5.74, 6) is 0. The van der Waals surface area contributed by atoms with Crippen LogP contribution in [0.4, 0.5) is 0 Å². The van der Waals surface area contributed by atoms with Gasteiger partial charge in [-0.2, -0.15) is 0 Å². The van der Waals surface area contributed by atoms with Gasteiger partial charge in [-0.15, -0.1) is 34.0 Å². The van der Waals surface area contributed by atoms with Crippen LogP contribution in [-0.2, 0) is 0 Å². The molecule has 88 valence electrons. The van der Waals surface area contributed by atoms with Gasteiger partial charge in [-0.05, 0) is 52.0 Å². The van der Waals surface area contributed by atoms with Crippen molar-refractivity contribution in [3.8, 4) is 0 Å². The molecule has 0 bridgehead atoms. The zero-order chi connectivity index (χ0) is 12.0. The molecule has 0 amide bonds. The Hall–Kier alpha value is -0.200. The first kappa shape index (κ1) is 11.9. The third-order valence-electron chi connectivity index (χ3n) is 2.65. The topological polar surface area (TPSA) is 26.0 Å². The Labute approximate surface area is 120 Å². The number of thiophene rings is 3. The molecule has 0 spiro atoms. The minimum atomic E-state index is 0.00889. The Kier molecular flexibility index (Phi) is 3.13. The van der Waals surface area contributed by atoms with E-state index < -0.39 is 0 Å². The zero-order valence-electron chi connectivity index (χ0n) is 9.07. The highest BCUT2D eigenvalue weighted by Crippen LogP contribution is 2.38. The molecule has 1 unspecified atom stereocenters. The number of aryl methyl sites for hydroxylation is 1. The highest BCUT2D eigenvalue weighted by atomic mass is 79.9. The number of nitrogens with two attached hydrogens (primary N) is 1. The van der Waals surface area contributed by atoms with Crippen molar-refractivity contribution in [3.63, 3.8) is 0 Å². The van der Waals surface area contributed by atoms with Gasteiger partial charge in [0, 0.05) is 19.2 Å². The van der Waals surface area contributed by atoms with Crippen LogP contribution in [0.25, 0.3) is 9.40 Å². The van der Waals surface area contributed by atoms with Gasteiger partial charge in [0.2, 0.25) is 0 Å². The number of halogens is 1. The van der Waals surface area contributed by atoms with Gasteiger partial charge in [0.05, 0.1) is 9.83 Å². The fourth-order valence-corrected chi connectivity index (χ4v) is 5.52. The number of fused-ring (bicyclic) bond motifs is 1. The summed E-state index contributed by atoms with van der Waals surface area (Å²) in [4.78, 5) is 2.48. The van der Waals surface area contributed by atoms with Crippen molar-refractivity contribution in [3.05, 3.63) is 42.7 Å². The molecule has 0 radical (unpaired) electrons. The maximum atomic E-state index is 6.33. The lowest BCUT2D eigenvalue weighted by atomic mass is 10.2. The first-order chi connectivity index (χ1) is 8.15. The lowest BCUT2D eigenvalue weighted by molar-refractivity contribution is 0.917. The standard InChI is InChI=1S/C12H10BrNS3/c1-6-4-9(17-12(6)13)11(14)10-5-8-7(16-10)2-3-15-8/h2-5,11H,14H2,1H3. The summed E-state index contributed by atoms with van der Waals surface area (Å²) >= 11 is 8.86. The molecule has 0 aliphatic rings. The van der Waals surface area contributed by atoms with Gasteiger partial charge in [-0.1, -0.05) is 0 Å². The Morgan fingerprint density at radius 3 is 2.59 bits per heavy atom. The third-order valence-corrected chi connectivity index (χ3v) is 7.04. The van der Waals surface area contributed by atoms with Crippen LogP contribution in [0.15, 0.2) is 27.4 Å². The smallest absolute Gasteiger partial charge is 0.0741 e. The van der Waals surface area contributed by atoms with Crippen molar-refractivity contribution in [1.29, 1.82) is 0 Å². The van der Waals surface area contributed by atoms with Crippen LogP contribution in [0.5, 0.6) is 0 Å². The monoisotopic (exact) mass is 343 g/mol. The third kappa shape index (κ3) is 2.11. The van der Waals surface area contributed by atoms with Crippen LogP contribution in [0.2, 0.25) is 0 Å². The second-order valence-corrected chi connectivity index (χ2v) is 8.35. The largest absolute Gasteiger partial charge is 0.319 e. The fourth-order valence-electron chi connectivity index (χ4n) is 1.71. The molecule has 3 aromatic rings. The van der Waals surface area contributed by atoms with Gasteiger partial charge in [0.15, 0.2) is 0 Å². The molecule has 1 atom stereocenters. The summed E-state index contributed by atoms with van der Waals surface area (Å²) in [7, 11) is 0. The quantitative estimate of drug-likeness (QED) is 0.684. The van der Waals surface area contributed by atoms with Crippen molar-refractivity contribution in [1.82, 2.24) is 0 Å². The van der Waals surface area contributed by atoms with Gasteiger partial charge in [0.1, 0.15) is 0 Å². The van der Waals surface area contributed by atoms with E-state index >= 15 is 0 Å². The predicted molar refractivity (Wildman–Crippen MR) is 82.5 cm³/mol. The van der Waals surface area contributed by atoms with Gasteiger partial charge >= 0.3 is 0 Å². The normalized spacial score (nSPS) is 13.4. The maximum Gasteiger partial charge on any atom is 0.0741 e. The highest BCUT2D eigenvalue weighted by molar-refractivity contribution is 9.11. The summed E-state index contributed by atoms with van der Waals surface area (Å²) in [6.07, 6.45) is 0. The van der Waals surface area contributed by atoms with E-state index in [0.717, 1.165) is 0 Å². The summed E-state index contributed by atoms with van der Waals surface area (Å²) in [6, 6.07) is 6.57. The van der Waals surface area contributed by atoms with E-state index in [1.54, 1.807) is 34.0 Å². The van der Waals surface area contributed by atoms with Crippen molar-refractivity contribution < 1.29 is 0 Å². The molecule has 0 saturated carbocycles. The summed E-state index contributed by atoms with van der Waals surface area (Å²) in [5.41, 5.74) is 7.59. The van der Waals surface area contributed by atoms with E-state index in [2.05, 4.69) is 46.4 Å². The molecule has 3 heterocycles. The van der Waals surface area contributed by atoms with Gasteiger partial charge in [-0.25, -0.2) is 0 Å². The summed E-state index contributed by atoms with van der Waals surface area (Å²) < 4.78 is 3.86. The Bertz CT molecular complexity index is 616. The van der Waals surface area contributed by atoms with Crippen LogP contribution in [0, 0.1) is 6.92 Å². The summed E-state index contributed by atoms with van der Waals surface area (Å²) in [6.45, 7) is 2.10. The van der Waals surface area contributed by atoms with Gasteiger partial charge < -0.3 is 5.73 Å². The Morgan fingerprint density at radius 2 is 1.94 bits per heavy atom. The van der Waals surface area contributed by atoms with E-state index in [1.165, 1.54) is 28.5 Å². The Morgan fingerprint density at radius 1 is 1.18 bits per heavy atom. The van der Waals surface area contributed by atoms with Crippen molar-refractivity contribution in [2.24, 2.45) is 5.73 Å².